The molecule has 0 aromatic carbocycles. The minimum absolute atomic E-state index is 0.268. The molecule has 6 heteroatoms. The average Bonchev–Trinajstić information content (AvgIpc) is 2.84. The summed E-state index contributed by atoms with van der Waals surface area (Å²) < 4.78 is 0. The van der Waals surface area contributed by atoms with Crippen LogP contribution in [0.15, 0.2) is 10.5 Å². The van der Waals surface area contributed by atoms with E-state index in [-0.39, 0.29) is 5.69 Å². The Morgan fingerprint density at radius 1 is 1.77 bits per heavy atom. The molecule has 1 saturated carbocycles. The molecule has 66 valence electrons. The molecule has 1 aliphatic rings. The van der Waals surface area contributed by atoms with Crippen LogP contribution in [-0.2, 0) is 0 Å². The van der Waals surface area contributed by atoms with Crippen LogP contribution in [0.2, 0.25) is 0 Å². The zero-order valence-electron chi connectivity index (χ0n) is 6.67. The molecule has 0 bridgehead atoms. The lowest BCUT2D eigenvalue weighted by Crippen LogP contribution is -1.93. The lowest BCUT2D eigenvalue weighted by molar-refractivity contribution is 0.0996. The molecular formula is C7H6N4OS. The summed E-state index contributed by atoms with van der Waals surface area (Å²) in [5.74, 6) is -0.0525. The summed E-state index contributed by atoms with van der Waals surface area (Å²) in [4.78, 5) is 17.5. The van der Waals surface area contributed by atoms with Gasteiger partial charge in [-0.15, -0.1) is 11.3 Å². The van der Waals surface area contributed by atoms with Gasteiger partial charge in [-0.3, -0.25) is 4.79 Å². The number of amides is 1. The maximum absolute atomic E-state index is 11.0. The normalized spacial score (nSPS) is 15.1. The van der Waals surface area contributed by atoms with E-state index in [2.05, 4.69) is 15.0 Å². The SMILES string of the molecule is [N-]=[N+]=NC(=O)c1csc(C2CC2)n1. The Kier molecular flexibility index (Phi) is 2.00. The molecule has 5 nitrogen and oxygen atoms in total. The van der Waals surface area contributed by atoms with E-state index in [1.807, 2.05) is 0 Å². The highest BCUT2D eigenvalue weighted by Gasteiger charge is 2.27. The fourth-order valence-electron chi connectivity index (χ4n) is 0.995. The minimum Gasteiger partial charge on any atom is -0.285 e. The van der Waals surface area contributed by atoms with Crippen LogP contribution in [0.25, 0.3) is 10.4 Å². The largest absolute Gasteiger partial charge is 0.285 e. The van der Waals surface area contributed by atoms with Gasteiger partial charge in [-0.1, -0.05) is 0 Å². The quantitative estimate of drug-likeness (QED) is 0.411. The standard InChI is InChI=1S/C7H6N4OS/c8-11-10-6(12)5-3-13-7(9-5)4-1-2-4/h3-4H,1-2H2. The van der Waals surface area contributed by atoms with Crippen LogP contribution in [0.4, 0.5) is 0 Å². The van der Waals surface area contributed by atoms with Crippen molar-refractivity contribution in [2.75, 3.05) is 0 Å². The molecule has 1 aromatic rings. The predicted molar refractivity (Wildman–Crippen MR) is 47.6 cm³/mol. The Bertz CT molecular complexity index is 389. The van der Waals surface area contributed by atoms with Gasteiger partial charge in [-0.05, 0) is 23.5 Å². The van der Waals surface area contributed by atoms with Crippen LogP contribution < -0.4 is 0 Å². The second-order valence-electron chi connectivity index (χ2n) is 2.84. The van der Waals surface area contributed by atoms with Crippen LogP contribution in [0.3, 0.4) is 0 Å². The Morgan fingerprint density at radius 3 is 3.15 bits per heavy atom. The van der Waals surface area contributed by atoms with E-state index in [4.69, 9.17) is 5.53 Å². The van der Waals surface area contributed by atoms with Gasteiger partial charge in [0.05, 0.1) is 5.01 Å². The molecule has 13 heavy (non-hydrogen) atoms. The van der Waals surface area contributed by atoms with E-state index in [0.29, 0.717) is 5.92 Å². The second-order valence-corrected chi connectivity index (χ2v) is 3.73. The highest BCUT2D eigenvalue weighted by molar-refractivity contribution is 7.10. The van der Waals surface area contributed by atoms with Gasteiger partial charge in [0.2, 0.25) is 0 Å². The molecule has 2 rings (SSSR count). The summed E-state index contributed by atoms with van der Waals surface area (Å²) in [6, 6.07) is 0. The molecule has 0 radical (unpaired) electrons. The van der Waals surface area contributed by atoms with E-state index < -0.39 is 5.91 Å². The first-order chi connectivity index (χ1) is 6.31. The molecule has 1 fully saturated rings. The molecule has 0 N–H and O–H groups in total. The van der Waals surface area contributed by atoms with E-state index >= 15 is 0 Å². The van der Waals surface area contributed by atoms with Crippen molar-refractivity contribution in [2.45, 2.75) is 18.8 Å². The van der Waals surface area contributed by atoms with Gasteiger partial charge in [0, 0.05) is 16.2 Å². The number of thiazole rings is 1. The van der Waals surface area contributed by atoms with Crippen LogP contribution >= 0.6 is 11.3 Å². The molecule has 0 saturated heterocycles. The predicted octanol–water partition coefficient (Wildman–Crippen LogP) is 2.47. The topological polar surface area (TPSA) is 78.7 Å². The number of hydrogen-bond donors (Lipinski definition) is 0. The monoisotopic (exact) mass is 194 g/mol. The van der Waals surface area contributed by atoms with Crippen molar-refractivity contribution >= 4 is 17.2 Å². The number of carbonyl (C=O) groups excluding carboxylic acids is 1. The molecular weight excluding hydrogens is 188 g/mol. The van der Waals surface area contributed by atoms with E-state index in [9.17, 15) is 4.79 Å². The van der Waals surface area contributed by atoms with Gasteiger partial charge in [0.1, 0.15) is 5.69 Å². The van der Waals surface area contributed by atoms with E-state index in [0.717, 1.165) is 17.8 Å². The van der Waals surface area contributed by atoms with Gasteiger partial charge in [-0.2, -0.15) is 0 Å². The molecule has 0 aliphatic heterocycles. The minimum atomic E-state index is -0.592. The number of nitrogens with zero attached hydrogens (tertiary/aromatic N) is 4. The number of rotatable bonds is 2. The maximum atomic E-state index is 11.0. The number of carbonyl (C=O) groups is 1. The average molecular weight is 194 g/mol. The first kappa shape index (κ1) is 8.22. The van der Waals surface area contributed by atoms with Crippen LogP contribution in [0, 0.1) is 0 Å². The third-order valence-electron chi connectivity index (χ3n) is 1.80. The van der Waals surface area contributed by atoms with Crippen LogP contribution in [0.1, 0.15) is 34.3 Å². The Balaban J connectivity index is 2.20. The molecule has 1 aliphatic carbocycles. The van der Waals surface area contributed by atoms with Crippen molar-refractivity contribution in [1.29, 1.82) is 0 Å². The summed E-state index contributed by atoms with van der Waals surface area (Å²) in [6.07, 6.45) is 2.31. The second kappa shape index (κ2) is 3.16. The smallest absolute Gasteiger partial charge is 0.268 e. The number of azide groups is 1. The fourth-order valence-corrected chi connectivity index (χ4v) is 1.96. The van der Waals surface area contributed by atoms with Gasteiger partial charge in [0.25, 0.3) is 5.91 Å². The van der Waals surface area contributed by atoms with Crippen LogP contribution in [-0.4, -0.2) is 10.9 Å². The third kappa shape index (κ3) is 1.68. The van der Waals surface area contributed by atoms with Crippen molar-refractivity contribution in [3.8, 4) is 0 Å². The summed E-state index contributed by atoms with van der Waals surface area (Å²) in [5, 5.41) is 5.60. The molecule has 0 unspecified atom stereocenters. The summed E-state index contributed by atoms with van der Waals surface area (Å²) in [5.41, 5.74) is 8.31. The van der Waals surface area contributed by atoms with Crippen molar-refractivity contribution in [3.63, 3.8) is 0 Å². The lowest BCUT2D eigenvalue weighted by atomic mass is 10.4. The molecule has 1 heterocycles. The Hall–Kier alpha value is -1.39. The van der Waals surface area contributed by atoms with E-state index in [1.54, 1.807) is 5.38 Å². The van der Waals surface area contributed by atoms with Gasteiger partial charge in [-0.25, -0.2) is 4.98 Å². The fraction of sp³-hybridized carbons (Fsp3) is 0.429. The zero-order valence-corrected chi connectivity index (χ0v) is 7.49. The summed E-state index contributed by atoms with van der Waals surface area (Å²) in [6.45, 7) is 0. The third-order valence-corrected chi connectivity index (χ3v) is 2.81. The zero-order chi connectivity index (χ0) is 9.26. The maximum Gasteiger partial charge on any atom is 0.268 e. The van der Waals surface area contributed by atoms with Gasteiger partial charge < -0.3 is 0 Å². The molecule has 0 atom stereocenters. The number of aromatic nitrogens is 1. The summed E-state index contributed by atoms with van der Waals surface area (Å²) in [7, 11) is 0. The van der Waals surface area contributed by atoms with Crippen molar-refractivity contribution in [2.24, 2.45) is 5.11 Å². The van der Waals surface area contributed by atoms with E-state index in [1.165, 1.54) is 11.3 Å². The van der Waals surface area contributed by atoms with Crippen molar-refractivity contribution in [3.05, 3.63) is 26.5 Å². The molecule has 0 spiro atoms. The van der Waals surface area contributed by atoms with Crippen LogP contribution in [0.5, 0.6) is 0 Å². The molecule has 1 amide bonds. The molecule has 1 aromatic heterocycles. The Morgan fingerprint density at radius 2 is 2.54 bits per heavy atom. The highest BCUT2D eigenvalue weighted by atomic mass is 32.1. The highest BCUT2D eigenvalue weighted by Crippen LogP contribution is 2.41. The first-order valence-electron chi connectivity index (χ1n) is 3.86. The van der Waals surface area contributed by atoms with Crippen molar-refractivity contribution in [1.82, 2.24) is 4.98 Å². The number of hydrogen-bond acceptors (Lipinski definition) is 3. The van der Waals surface area contributed by atoms with Gasteiger partial charge in [0.15, 0.2) is 0 Å². The first-order valence-corrected chi connectivity index (χ1v) is 4.74. The van der Waals surface area contributed by atoms with Gasteiger partial charge >= 0.3 is 0 Å². The van der Waals surface area contributed by atoms with Crippen molar-refractivity contribution < 1.29 is 4.79 Å². The lowest BCUT2D eigenvalue weighted by Gasteiger charge is -1.85. The summed E-state index contributed by atoms with van der Waals surface area (Å²) >= 11 is 1.46. The Labute approximate surface area is 78.0 Å².